The number of nitrogens with zero attached hydrogens (tertiary/aromatic N) is 3. The summed E-state index contributed by atoms with van der Waals surface area (Å²) in [5, 5.41) is 14.8. The van der Waals surface area contributed by atoms with Crippen LogP contribution in [0.4, 0.5) is 23.1 Å². The van der Waals surface area contributed by atoms with Gasteiger partial charge in [-0.2, -0.15) is 10.1 Å². The third kappa shape index (κ3) is 4.51. The number of ether oxygens (including phenoxy) is 1. The van der Waals surface area contributed by atoms with Crippen LogP contribution < -0.4 is 10.6 Å². The zero-order valence-electron chi connectivity index (χ0n) is 14.9. The maximum Gasteiger partial charge on any atom is 0.340 e. The summed E-state index contributed by atoms with van der Waals surface area (Å²) < 4.78 is 5.07. The van der Waals surface area contributed by atoms with Crippen molar-refractivity contribution in [2.75, 3.05) is 17.2 Å². The van der Waals surface area contributed by atoms with Gasteiger partial charge in [0.15, 0.2) is 5.82 Å². The predicted octanol–water partition coefficient (Wildman–Crippen LogP) is 4.50. The Hall–Kier alpha value is -3.19. The van der Waals surface area contributed by atoms with E-state index in [1.165, 1.54) is 6.20 Å². The van der Waals surface area contributed by atoms with Crippen LogP contribution in [0.5, 0.6) is 0 Å². The number of carbonyl (C=O) groups excluding carboxylic acids is 1. The summed E-state index contributed by atoms with van der Waals surface area (Å²) in [6.07, 6.45) is 1.50. The van der Waals surface area contributed by atoms with Gasteiger partial charge in [0, 0.05) is 10.7 Å². The number of nitrogens with one attached hydrogen (secondary N) is 2. The van der Waals surface area contributed by atoms with Crippen LogP contribution in [-0.2, 0) is 4.74 Å². The second-order valence-corrected chi connectivity index (χ2v) is 6.00. The number of carbonyl (C=O) groups is 1. The first-order valence-electron chi connectivity index (χ1n) is 8.33. The summed E-state index contributed by atoms with van der Waals surface area (Å²) in [7, 11) is 0. The zero-order valence-corrected chi connectivity index (χ0v) is 15.6. The minimum absolute atomic E-state index is 0.247. The average molecular weight is 384 g/mol. The van der Waals surface area contributed by atoms with Crippen molar-refractivity contribution in [1.82, 2.24) is 15.2 Å². The van der Waals surface area contributed by atoms with Gasteiger partial charge >= 0.3 is 5.97 Å². The van der Waals surface area contributed by atoms with Gasteiger partial charge in [0.1, 0.15) is 0 Å². The molecule has 0 aliphatic carbocycles. The van der Waals surface area contributed by atoms with Crippen LogP contribution in [0.3, 0.4) is 0 Å². The molecule has 0 fully saturated rings. The number of aromatic nitrogens is 3. The number of benzene rings is 2. The fourth-order valence-electron chi connectivity index (χ4n) is 2.40. The van der Waals surface area contributed by atoms with Crippen molar-refractivity contribution in [1.29, 1.82) is 0 Å². The van der Waals surface area contributed by atoms with E-state index in [2.05, 4.69) is 25.8 Å². The van der Waals surface area contributed by atoms with Gasteiger partial charge < -0.3 is 15.4 Å². The van der Waals surface area contributed by atoms with Crippen molar-refractivity contribution in [3.63, 3.8) is 0 Å². The van der Waals surface area contributed by atoms with Crippen LogP contribution in [-0.4, -0.2) is 27.8 Å². The molecule has 0 radical (unpaired) electrons. The molecular weight excluding hydrogens is 366 g/mol. The predicted molar refractivity (Wildman–Crippen MR) is 105 cm³/mol. The largest absolute Gasteiger partial charge is 0.462 e. The number of halogens is 1. The molecule has 8 heteroatoms. The molecule has 0 saturated heterocycles. The molecule has 7 nitrogen and oxygen atoms in total. The van der Waals surface area contributed by atoms with Crippen molar-refractivity contribution < 1.29 is 9.53 Å². The first-order valence-corrected chi connectivity index (χ1v) is 8.71. The summed E-state index contributed by atoms with van der Waals surface area (Å²) in [4.78, 5) is 16.5. The second kappa shape index (κ2) is 8.46. The van der Waals surface area contributed by atoms with Gasteiger partial charge in [-0.25, -0.2) is 4.79 Å². The van der Waals surface area contributed by atoms with Gasteiger partial charge in [0.2, 0.25) is 5.95 Å². The van der Waals surface area contributed by atoms with E-state index in [1.807, 2.05) is 25.1 Å². The van der Waals surface area contributed by atoms with Crippen LogP contribution in [0.15, 0.2) is 48.7 Å². The molecule has 2 N–H and O–H groups in total. The minimum atomic E-state index is -0.419. The standard InChI is InChI=1S/C19H18ClN5O2/c1-3-27-18(26)13-7-4-5-9-16(13)23-19-24-17(11-21-25-19)22-15-10-6-8-14(20)12(15)2/h4-11H,3H2,1-2H3,(H2,22,23,24,25). The first-order chi connectivity index (χ1) is 13.1. The highest BCUT2D eigenvalue weighted by molar-refractivity contribution is 6.31. The highest BCUT2D eigenvalue weighted by Gasteiger charge is 2.13. The number of anilines is 4. The number of hydrogen-bond acceptors (Lipinski definition) is 7. The highest BCUT2D eigenvalue weighted by Crippen LogP contribution is 2.26. The smallest absolute Gasteiger partial charge is 0.340 e. The Balaban J connectivity index is 1.83. The topological polar surface area (TPSA) is 89.0 Å². The maximum atomic E-state index is 12.1. The van der Waals surface area contributed by atoms with Crippen molar-refractivity contribution in [3.8, 4) is 0 Å². The molecule has 1 aromatic heterocycles. The molecule has 3 rings (SSSR count). The number of para-hydroxylation sites is 1. The molecule has 0 amide bonds. The number of esters is 1. The summed E-state index contributed by atoms with van der Waals surface area (Å²) in [6.45, 7) is 3.96. The zero-order chi connectivity index (χ0) is 19.2. The molecule has 0 atom stereocenters. The van der Waals surface area contributed by atoms with Crippen molar-refractivity contribution in [2.45, 2.75) is 13.8 Å². The Labute approximate surface area is 161 Å². The summed E-state index contributed by atoms with van der Waals surface area (Å²) >= 11 is 6.15. The molecule has 138 valence electrons. The van der Waals surface area contributed by atoms with Gasteiger partial charge in [-0.3, -0.25) is 0 Å². The molecule has 2 aromatic carbocycles. The van der Waals surface area contributed by atoms with E-state index >= 15 is 0 Å². The molecule has 0 bridgehead atoms. The van der Waals surface area contributed by atoms with E-state index in [1.54, 1.807) is 31.2 Å². The van der Waals surface area contributed by atoms with Crippen LogP contribution in [0.25, 0.3) is 0 Å². The fraction of sp³-hybridized carbons (Fsp3) is 0.158. The van der Waals surface area contributed by atoms with E-state index < -0.39 is 5.97 Å². The number of rotatable bonds is 6. The van der Waals surface area contributed by atoms with Crippen LogP contribution in [0, 0.1) is 6.92 Å². The van der Waals surface area contributed by atoms with E-state index in [9.17, 15) is 4.79 Å². The van der Waals surface area contributed by atoms with Crippen molar-refractivity contribution >= 4 is 40.7 Å². The normalized spacial score (nSPS) is 10.3. The second-order valence-electron chi connectivity index (χ2n) is 5.59. The van der Waals surface area contributed by atoms with Crippen LogP contribution in [0.1, 0.15) is 22.8 Å². The molecular formula is C19H18ClN5O2. The lowest BCUT2D eigenvalue weighted by atomic mass is 10.2. The molecule has 0 aliphatic rings. The first kappa shape index (κ1) is 18.6. The fourth-order valence-corrected chi connectivity index (χ4v) is 2.57. The monoisotopic (exact) mass is 383 g/mol. The Morgan fingerprint density at radius 2 is 1.89 bits per heavy atom. The third-order valence-corrected chi connectivity index (χ3v) is 4.17. The molecule has 0 saturated carbocycles. The van der Waals surface area contributed by atoms with Crippen molar-refractivity contribution in [3.05, 3.63) is 64.8 Å². The molecule has 3 aromatic rings. The van der Waals surface area contributed by atoms with Gasteiger partial charge in [-0.1, -0.05) is 29.8 Å². The Kier molecular flexibility index (Phi) is 5.83. The van der Waals surface area contributed by atoms with E-state index in [4.69, 9.17) is 16.3 Å². The van der Waals surface area contributed by atoms with E-state index in [0.29, 0.717) is 28.7 Å². The Morgan fingerprint density at radius 3 is 2.70 bits per heavy atom. The lowest BCUT2D eigenvalue weighted by molar-refractivity contribution is 0.0527. The Morgan fingerprint density at radius 1 is 1.11 bits per heavy atom. The lowest BCUT2D eigenvalue weighted by Crippen LogP contribution is -2.09. The minimum Gasteiger partial charge on any atom is -0.462 e. The van der Waals surface area contributed by atoms with Gasteiger partial charge in [-0.05, 0) is 43.7 Å². The third-order valence-electron chi connectivity index (χ3n) is 3.76. The Bertz CT molecular complexity index is 964. The van der Waals surface area contributed by atoms with Crippen molar-refractivity contribution in [2.24, 2.45) is 0 Å². The van der Waals surface area contributed by atoms with Crippen LogP contribution in [0.2, 0.25) is 5.02 Å². The molecule has 0 unspecified atom stereocenters. The summed E-state index contributed by atoms with van der Waals surface area (Å²) in [5.74, 6) is 0.320. The van der Waals surface area contributed by atoms with Crippen LogP contribution >= 0.6 is 11.6 Å². The molecule has 0 spiro atoms. The summed E-state index contributed by atoms with van der Waals surface area (Å²) in [5.41, 5.74) is 2.65. The van der Waals surface area contributed by atoms with E-state index in [-0.39, 0.29) is 5.95 Å². The molecule has 1 heterocycles. The van der Waals surface area contributed by atoms with Gasteiger partial charge in [0.25, 0.3) is 0 Å². The lowest BCUT2D eigenvalue weighted by Gasteiger charge is -2.12. The average Bonchev–Trinajstić information content (AvgIpc) is 2.66. The number of hydrogen-bond donors (Lipinski definition) is 2. The molecule has 27 heavy (non-hydrogen) atoms. The maximum absolute atomic E-state index is 12.1. The quantitative estimate of drug-likeness (QED) is 0.606. The SMILES string of the molecule is CCOC(=O)c1ccccc1Nc1nncc(Nc2cccc(Cl)c2C)n1. The van der Waals surface area contributed by atoms with E-state index in [0.717, 1.165) is 11.3 Å². The van der Waals surface area contributed by atoms with Gasteiger partial charge in [-0.15, -0.1) is 5.10 Å². The molecule has 0 aliphatic heterocycles. The summed E-state index contributed by atoms with van der Waals surface area (Å²) in [6, 6.07) is 12.5. The highest BCUT2D eigenvalue weighted by atomic mass is 35.5. The van der Waals surface area contributed by atoms with Gasteiger partial charge in [0.05, 0.1) is 24.1 Å².